The first-order valence-electron chi connectivity index (χ1n) is 14.8. The van der Waals surface area contributed by atoms with E-state index in [0.29, 0.717) is 35.5 Å². The van der Waals surface area contributed by atoms with Gasteiger partial charge < -0.3 is 9.47 Å². The quantitative estimate of drug-likeness (QED) is 0.0658. The van der Waals surface area contributed by atoms with Crippen molar-refractivity contribution >= 4 is 42.1 Å². The van der Waals surface area contributed by atoms with Crippen molar-refractivity contribution in [3.05, 3.63) is 107 Å². The summed E-state index contributed by atoms with van der Waals surface area (Å²) in [7, 11) is 1.33. The normalized spacial score (nSPS) is 18.0. The van der Waals surface area contributed by atoms with E-state index in [-0.39, 0.29) is 18.2 Å². The molecule has 6 nitrogen and oxygen atoms in total. The molecule has 2 rings (SSSR count). The Morgan fingerprint density at radius 1 is 0.953 bits per heavy atom. The fourth-order valence-electron chi connectivity index (χ4n) is 4.45. The number of esters is 3. The molecular formula is C35H44ClNO5S. The van der Waals surface area contributed by atoms with E-state index in [1.165, 1.54) is 13.2 Å². The average Bonchev–Trinajstić information content (AvgIpc) is 2.99. The minimum absolute atomic E-state index is 0.104. The number of hydrogen-bond acceptors (Lipinski definition) is 7. The number of nitrogens with zero attached hydrogens (tertiary/aromatic N) is 1. The third kappa shape index (κ3) is 14.3. The second-order valence-electron chi connectivity index (χ2n) is 9.98. The number of piperidine rings is 1. The molecule has 0 radical (unpaired) electrons. The van der Waals surface area contributed by atoms with Crippen LogP contribution in [0.15, 0.2) is 96.7 Å². The number of allylic oxidation sites excluding steroid dienone is 10. The lowest BCUT2D eigenvalue weighted by Crippen LogP contribution is -2.42. The molecule has 1 aliphatic rings. The minimum atomic E-state index is -0.739. The van der Waals surface area contributed by atoms with Crippen molar-refractivity contribution in [2.24, 2.45) is 0 Å². The summed E-state index contributed by atoms with van der Waals surface area (Å²) in [6, 6.07) is 6.37. The molecule has 0 aliphatic carbocycles. The first kappa shape index (κ1) is 36.1. The van der Waals surface area contributed by atoms with Crippen LogP contribution >= 0.6 is 24.2 Å². The molecule has 0 spiro atoms. The van der Waals surface area contributed by atoms with Crippen LogP contribution in [0.2, 0.25) is 5.02 Å². The van der Waals surface area contributed by atoms with Crippen LogP contribution in [0.25, 0.3) is 0 Å². The van der Waals surface area contributed by atoms with Gasteiger partial charge in [-0.2, -0.15) is 12.6 Å². The van der Waals surface area contributed by atoms with Crippen molar-refractivity contribution in [2.75, 3.05) is 20.2 Å². The van der Waals surface area contributed by atoms with Gasteiger partial charge in [-0.15, -0.1) is 0 Å². The van der Waals surface area contributed by atoms with Gasteiger partial charge in [0.2, 0.25) is 0 Å². The molecule has 0 amide bonds. The molecule has 0 aromatic heterocycles. The number of carbonyl (C=O) groups is 3. The summed E-state index contributed by atoms with van der Waals surface area (Å²) in [5, 5.41) is 0.249. The van der Waals surface area contributed by atoms with Crippen LogP contribution < -0.4 is 0 Å². The summed E-state index contributed by atoms with van der Waals surface area (Å²) in [6.07, 6.45) is 28.2. The lowest BCUT2D eigenvalue weighted by molar-refractivity contribution is -0.156. The van der Waals surface area contributed by atoms with Gasteiger partial charge in [0.25, 0.3) is 0 Å². The summed E-state index contributed by atoms with van der Waals surface area (Å²) in [5.74, 6) is -1.77. The summed E-state index contributed by atoms with van der Waals surface area (Å²) >= 11 is 11.0. The molecule has 232 valence electrons. The molecule has 1 aliphatic heterocycles. The van der Waals surface area contributed by atoms with E-state index in [9.17, 15) is 14.4 Å². The molecule has 1 aromatic carbocycles. The molecule has 1 aromatic rings. The lowest BCUT2D eigenvalue weighted by atomic mass is 9.98. The Morgan fingerprint density at radius 2 is 1.53 bits per heavy atom. The maximum atomic E-state index is 12.7. The Kier molecular flexibility index (Phi) is 18.1. The maximum absolute atomic E-state index is 12.7. The fraction of sp³-hybridized carbons (Fsp3) is 0.400. The first-order chi connectivity index (χ1) is 20.9. The molecule has 0 N–H and O–H groups in total. The maximum Gasteiger partial charge on any atom is 0.338 e. The highest BCUT2D eigenvalue weighted by atomic mass is 35.5. The van der Waals surface area contributed by atoms with E-state index < -0.39 is 23.9 Å². The van der Waals surface area contributed by atoms with E-state index in [4.69, 9.17) is 21.1 Å². The van der Waals surface area contributed by atoms with E-state index >= 15 is 0 Å². The Labute approximate surface area is 267 Å². The molecule has 2 atom stereocenters. The van der Waals surface area contributed by atoms with Gasteiger partial charge in [-0.3, -0.25) is 9.69 Å². The van der Waals surface area contributed by atoms with Crippen LogP contribution in [0.5, 0.6) is 0 Å². The Morgan fingerprint density at radius 3 is 2.12 bits per heavy atom. The van der Waals surface area contributed by atoms with Gasteiger partial charge in [0.1, 0.15) is 6.04 Å². The number of benzene rings is 1. The highest BCUT2D eigenvalue weighted by Crippen LogP contribution is 2.33. The zero-order valence-electron chi connectivity index (χ0n) is 25.2. The van der Waals surface area contributed by atoms with Crippen LogP contribution in [0.4, 0.5) is 0 Å². The smallest absolute Gasteiger partial charge is 0.338 e. The molecule has 1 fully saturated rings. The SMILES string of the molecule is CC/C=C\C/C=C\C/C=C\C/C=C\C/C=C\CCC(=O)OC(=O)/C=C1/CN(C(C(=O)OC)c2ccccc2Cl)CCC1S. The van der Waals surface area contributed by atoms with Gasteiger partial charge in [0, 0.05) is 35.9 Å². The summed E-state index contributed by atoms with van der Waals surface area (Å²) < 4.78 is 10.1. The standard InChI is InChI=1S/C35H44ClNO5S/c1-3-4-5-6-7-8-9-10-11-12-13-14-15-16-17-18-23-32(38)42-33(39)26-28-27-37(25-24-31(28)43)34(35(40)41-2)29-21-19-20-22-30(29)36/h4-5,7-8,10-11,13-14,16-17,19-22,26,31,34,43H,3,6,9,12,15,18,23-25,27H2,1-2H3/b5-4-,8-7-,11-10-,14-13-,17-16-,28-26-. The number of carbonyl (C=O) groups excluding carboxylic acids is 3. The number of hydrogen-bond donors (Lipinski definition) is 1. The average molecular weight is 626 g/mol. The van der Waals surface area contributed by atoms with Crippen molar-refractivity contribution in [1.82, 2.24) is 4.90 Å². The highest BCUT2D eigenvalue weighted by molar-refractivity contribution is 7.81. The van der Waals surface area contributed by atoms with Crippen LogP contribution in [-0.4, -0.2) is 48.3 Å². The number of thiol groups is 1. The van der Waals surface area contributed by atoms with E-state index in [0.717, 1.165) is 32.1 Å². The predicted octanol–water partition coefficient (Wildman–Crippen LogP) is 8.09. The Hall–Kier alpha value is -3.13. The minimum Gasteiger partial charge on any atom is -0.468 e. The topological polar surface area (TPSA) is 72.9 Å². The second kappa shape index (κ2) is 21.5. The Balaban J connectivity index is 1.75. The first-order valence-corrected chi connectivity index (χ1v) is 15.7. The monoisotopic (exact) mass is 625 g/mol. The molecule has 0 bridgehead atoms. The molecule has 1 saturated heterocycles. The van der Waals surface area contributed by atoms with Crippen LogP contribution in [-0.2, 0) is 23.9 Å². The molecule has 43 heavy (non-hydrogen) atoms. The summed E-state index contributed by atoms with van der Waals surface area (Å²) in [5.41, 5.74) is 1.28. The van der Waals surface area contributed by atoms with E-state index in [2.05, 4.69) is 68.2 Å². The van der Waals surface area contributed by atoms with Gasteiger partial charge in [-0.05, 0) is 62.1 Å². The molecule has 1 heterocycles. The largest absolute Gasteiger partial charge is 0.468 e. The number of halogens is 1. The van der Waals surface area contributed by atoms with Crippen molar-refractivity contribution < 1.29 is 23.9 Å². The number of ether oxygens (including phenoxy) is 2. The third-order valence-electron chi connectivity index (χ3n) is 6.68. The predicted molar refractivity (Wildman–Crippen MR) is 178 cm³/mol. The number of methoxy groups -OCH3 is 1. The zero-order chi connectivity index (χ0) is 31.3. The van der Waals surface area contributed by atoms with Crippen molar-refractivity contribution in [2.45, 2.75) is 69.6 Å². The number of likely N-dealkylation sites (tertiary alicyclic amines) is 1. The van der Waals surface area contributed by atoms with E-state index in [1.807, 2.05) is 23.1 Å². The van der Waals surface area contributed by atoms with Crippen LogP contribution in [0.3, 0.4) is 0 Å². The van der Waals surface area contributed by atoms with Gasteiger partial charge >= 0.3 is 17.9 Å². The van der Waals surface area contributed by atoms with Crippen LogP contribution in [0, 0.1) is 0 Å². The number of rotatable bonds is 16. The fourth-order valence-corrected chi connectivity index (χ4v) is 4.96. The summed E-state index contributed by atoms with van der Waals surface area (Å²) in [4.78, 5) is 39.3. The lowest BCUT2D eigenvalue weighted by Gasteiger charge is -2.36. The molecule has 0 saturated carbocycles. The third-order valence-corrected chi connectivity index (χ3v) is 7.62. The zero-order valence-corrected chi connectivity index (χ0v) is 26.9. The molecular weight excluding hydrogens is 582 g/mol. The van der Waals surface area contributed by atoms with Crippen molar-refractivity contribution in [3.8, 4) is 0 Å². The van der Waals surface area contributed by atoms with Crippen LogP contribution in [0.1, 0.15) is 69.9 Å². The van der Waals surface area contributed by atoms with Crippen molar-refractivity contribution in [3.63, 3.8) is 0 Å². The molecule has 8 heteroatoms. The molecule has 2 unspecified atom stereocenters. The second-order valence-corrected chi connectivity index (χ2v) is 11.0. The highest BCUT2D eigenvalue weighted by Gasteiger charge is 2.34. The van der Waals surface area contributed by atoms with Gasteiger partial charge in [0.15, 0.2) is 0 Å². The van der Waals surface area contributed by atoms with Gasteiger partial charge in [0.05, 0.1) is 7.11 Å². The Bertz CT molecular complexity index is 1220. The van der Waals surface area contributed by atoms with Gasteiger partial charge in [-0.25, -0.2) is 9.59 Å². The van der Waals surface area contributed by atoms with Crippen molar-refractivity contribution in [1.29, 1.82) is 0 Å². The van der Waals surface area contributed by atoms with E-state index in [1.54, 1.807) is 18.2 Å². The van der Waals surface area contributed by atoms with Gasteiger partial charge in [-0.1, -0.05) is 97.5 Å². The summed E-state index contributed by atoms with van der Waals surface area (Å²) in [6.45, 7) is 2.97.